The molecule has 2 heterocycles. The Labute approximate surface area is 152 Å². The van der Waals surface area contributed by atoms with Crippen molar-refractivity contribution < 1.29 is 4.79 Å². The largest absolute Gasteiger partial charge is 0.302 e. The molecule has 0 aliphatic heterocycles. The highest BCUT2D eigenvalue weighted by Crippen LogP contribution is 2.40. The number of hydrogen-bond donors (Lipinski definition) is 1. The van der Waals surface area contributed by atoms with Crippen LogP contribution in [-0.2, 0) is 11.2 Å². The minimum absolute atomic E-state index is 0.0947. The van der Waals surface area contributed by atoms with Gasteiger partial charge in [-0.25, -0.2) is 9.97 Å². The van der Waals surface area contributed by atoms with E-state index < -0.39 is 0 Å². The Balaban J connectivity index is 1.41. The van der Waals surface area contributed by atoms with Crippen LogP contribution in [0.1, 0.15) is 30.1 Å². The molecule has 2 aromatic heterocycles. The van der Waals surface area contributed by atoms with Crippen LogP contribution in [-0.4, -0.2) is 15.9 Å². The van der Waals surface area contributed by atoms with Crippen molar-refractivity contribution in [3.05, 3.63) is 51.4 Å². The van der Waals surface area contributed by atoms with Crippen LogP contribution in [0.15, 0.2) is 35.0 Å². The molecule has 24 heavy (non-hydrogen) atoms. The molecular formula is C17H14ClN3OS2. The van der Waals surface area contributed by atoms with Gasteiger partial charge in [-0.05, 0) is 18.9 Å². The molecule has 122 valence electrons. The summed E-state index contributed by atoms with van der Waals surface area (Å²) in [6.45, 7) is 0. The first kappa shape index (κ1) is 15.7. The Kier molecular flexibility index (Phi) is 4.35. The van der Waals surface area contributed by atoms with E-state index in [1.807, 2.05) is 35.0 Å². The molecule has 1 saturated carbocycles. The van der Waals surface area contributed by atoms with Gasteiger partial charge < -0.3 is 5.32 Å². The number of aromatic nitrogens is 2. The van der Waals surface area contributed by atoms with Gasteiger partial charge in [0, 0.05) is 22.2 Å². The third-order valence-corrected chi connectivity index (χ3v) is 5.79. The molecule has 3 aromatic rings. The van der Waals surface area contributed by atoms with Crippen LogP contribution in [0.3, 0.4) is 0 Å². The lowest BCUT2D eigenvalue weighted by molar-refractivity contribution is -0.115. The number of nitrogens with one attached hydrogen (secondary N) is 1. The first-order valence-corrected chi connectivity index (χ1v) is 9.77. The lowest BCUT2D eigenvalue weighted by Gasteiger charge is -2.00. The Hall–Kier alpha value is -1.76. The smallest absolute Gasteiger partial charge is 0.232 e. The molecule has 1 aliphatic rings. The van der Waals surface area contributed by atoms with E-state index in [9.17, 15) is 4.79 Å². The zero-order chi connectivity index (χ0) is 16.5. The number of rotatable bonds is 5. The van der Waals surface area contributed by atoms with E-state index in [1.54, 1.807) is 0 Å². The van der Waals surface area contributed by atoms with Crippen molar-refractivity contribution >= 4 is 45.3 Å². The predicted octanol–water partition coefficient (Wildman–Crippen LogP) is 4.98. The summed E-state index contributed by atoms with van der Waals surface area (Å²) in [5.41, 5.74) is 2.74. The first-order valence-electron chi connectivity index (χ1n) is 7.63. The van der Waals surface area contributed by atoms with Crippen molar-refractivity contribution in [2.45, 2.75) is 25.2 Å². The van der Waals surface area contributed by atoms with Crippen molar-refractivity contribution in [2.24, 2.45) is 0 Å². The molecule has 4 rings (SSSR count). The van der Waals surface area contributed by atoms with Gasteiger partial charge in [-0.15, -0.1) is 22.7 Å². The number of carbonyl (C=O) groups excluding carboxylic acids is 1. The molecule has 0 bridgehead atoms. The van der Waals surface area contributed by atoms with Crippen molar-refractivity contribution in [3.8, 4) is 10.6 Å². The van der Waals surface area contributed by atoms with Crippen LogP contribution in [0.4, 0.5) is 5.13 Å². The van der Waals surface area contributed by atoms with Crippen LogP contribution in [0.5, 0.6) is 0 Å². The fourth-order valence-electron chi connectivity index (χ4n) is 2.38. The van der Waals surface area contributed by atoms with Crippen molar-refractivity contribution in [1.82, 2.24) is 9.97 Å². The number of nitrogens with zero attached hydrogens (tertiary/aromatic N) is 2. The standard InChI is InChI=1S/C17H14ClN3OS2/c18-13-4-2-1-3-12(13)16-19-11(8-23-16)7-15(22)21-17-20-14(9-24-17)10-5-6-10/h1-4,8-10H,5-7H2,(H,20,21,22). The van der Waals surface area contributed by atoms with E-state index in [0.29, 0.717) is 16.1 Å². The Bertz CT molecular complexity index is 885. The molecule has 0 atom stereocenters. The number of anilines is 1. The molecule has 1 N–H and O–H groups in total. The van der Waals surface area contributed by atoms with E-state index in [2.05, 4.69) is 15.3 Å². The van der Waals surface area contributed by atoms with Gasteiger partial charge in [0.1, 0.15) is 5.01 Å². The topological polar surface area (TPSA) is 54.9 Å². The molecule has 1 aliphatic carbocycles. The molecule has 0 spiro atoms. The first-order chi connectivity index (χ1) is 11.7. The number of thiazole rings is 2. The zero-order valence-electron chi connectivity index (χ0n) is 12.7. The summed E-state index contributed by atoms with van der Waals surface area (Å²) >= 11 is 9.17. The Morgan fingerprint density at radius 2 is 2.04 bits per heavy atom. The van der Waals surface area contributed by atoms with Gasteiger partial charge in [-0.3, -0.25) is 4.79 Å². The number of carbonyl (C=O) groups is 1. The maximum absolute atomic E-state index is 12.2. The number of hydrogen-bond acceptors (Lipinski definition) is 5. The number of benzene rings is 1. The quantitative estimate of drug-likeness (QED) is 0.684. The molecule has 0 unspecified atom stereocenters. The highest BCUT2D eigenvalue weighted by molar-refractivity contribution is 7.14. The molecule has 0 saturated heterocycles. The molecule has 1 amide bonds. The predicted molar refractivity (Wildman–Crippen MR) is 99.0 cm³/mol. The van der Waals surface area contributed by atoms with Gasteiger partial charge in [0.2, 0.25) is 5.91 Å². The van der Waals surface area contributed by atoms with Gasteiger partial charge >= 0.3 is 0 Å². The zero-order valence-corrected chi connectivity index (χ0v) is 15.0. The second-order valence-electron chi connectivity index (χ2n) is 5.70. The van der Waals surface area contributed by atoms with Crippen molar-refractivity contribution in [1.29, 1.82) is 0 Å². The SMILES string of the molecule is O=C(Cc1csc(-c2ccccc2Cl)n1)Nc1nc(C2CC2)cs1. The summed E-state index contributed by atoms with van der Waals surface area (Å²) < 4.78 is 0. The van der Waals surface area contributed by atoms with Gasteiger partial charge in [-0.2, -0.15) is 0 Å². The molecule has 1 fully saturated rings. The average molecular weight is 376 g/mol. The van der Waals surface area contributed by atoms with E-state index in [-0.39, 0.29) is 12.3 Å². The normalized spacial score (nSPS) is 13.9. The minimum atomic E-state index is -0.0947. The fraction of sp³-hybridized carbons (Fsp3) is 0.235. The van der Waals surface area contributed by atoms with E-state index in [0.717, 1.165) is 22.0 Å². The van der Waals surface area contributed by atoms with Gasteiger partial charge in [0.15, 0.2) is 5.13 Å². The molecular weight excluding hydrogens is 362 g/mol. The molecule has 1 aromatic carbocycles. The van der Waals surface area contributed by atoms with Crippen LogP contribution < -0.4 is 5.32 Å². The summed E-state index contributed by atoms with van der Waals surface area (Å²) in [6, 6.07) is 7.58. The second-order valence-corrected chi connectivity index (χ2v) is 7.82. The van der Waals surface area contributed by atoms with Crippen LogP contribution in [0.2, 0.25) is 5.02 Å². The van der Waals surface area contributed by atoms with E-state index >= 15 is 0 Å². The van der Waals surface area contributed by atoms with Gasteiger partial charge in [0.05, 0.1) is 22.8 Å². The van der Waals surface area contributed by atoms with Crippen molar-refractivity contribution in [2.75, 3.05) is 5.32 Å². The Morgan fingerprint density at radius 3 is 2.83 bits per heavy atom. The van der Waals surface area contributed by atoms with Gasteiger partial charge in [0.25, 0.3) is 0 Å². The molecule has 0 radical (unpaired) electrons. The van der Waals surface area contributed by atoms with Crippen LogP contribution in [0.25, 0.3) is 10.6 Å². The monoisotopic (exact) mass is 375 g/mol. The van der Waals surface area contributed by atoms with Gasteiger partial charge in [-0.1, -0.05) is 29.8 Å². The molecule has 7 heteroatoms. The fourth-order valence-corrected chi connectivity index (χ4v) is 4.33. The van der Waals surface area contributed by atoms with Crippen molar-refractivity contribution in [3.63, 3.8) is 0 Å². The number of amides is 1. The highest BCUT2D eigenvalue weighted by atomic mass is 35.5. The minimum Gasteiger partial charge on any atom is -0.302 e. The van der Waals surface area contributed by atoms with E-state index in [4.69, 9.17) is 11.6 Å². The lowest BCUT2D eigenvalue weighted by Crippen LogP contribution is -2.14. The third-order valence-electron chi connectivity index (χ3n) is 3.76. The summed E-state index contributed by atoms with van der Waals surface area (Å²) in [7, 11) is 0. The Morgan fingerprint density at radius 1 is 1.21 bits per heavy atom. The molecule has 4 nitrogen and oxygen atoms in total. The summed E-state index contributed by atoms with van der Waals surface area (Å²) in [5.74, 6) is 0.506. The summed E-state index contributed by atoms with van der Waals surface area (Å²) in [5, 5.41) is 8.96. The third kappa shape index (κ3) is 3.50. The maximum Gasteiger partial charge on any atom is 0.232 e. The van der Waals surface area contributed by atoms with E-state index in [1.165, 1.54) is 35.5 Å². The van der Waals surface area contributed by atoms with Crippen LogP contribution >= 0.6 is 34.3 Å². The highest BCUT2D eigenvalue weighted by Gasteiger charge is 2.26. The van der Waals surface area contributed by atoms with Crippen LogP contribution in [0, 0.1) is 0 Å². The maximum atomic E-state index is 12.2. The summed E-state index contributed by atoms with van der Waals surface area (Å²) in [4.78, 5) is 21.2. The second kappa shape index (κ2) is 6.63. The lowest BCUT2D eigenvalue weighted by atomic mass is 10.2. The number of halogens is 1. The summed E-state index contributed by atoms with van der Waals surface area (Å²) in [6.07, 6.45) is 2.65. The average Bonchev–Trinajstić information content (AvgIpc) is 3.15.